The van der Waals surface area contributed by atoms with Crippen molar-refractivity contribution >= 4 is 15.9 Å². The minimum atomic E-state index is -0.333. The minimum absolute atomic E-state index is 0.157. The molecule has 0 atom stereocenters. The Hall–Kier alpha value is -2.54. The van der Waals surface area contributed by atoms with E-state index in [4.69, 9.17) is 4.74 Å². The van der Waals surface area contributed by atoms with Crippen molar-refractivity contribution in [3.05, 3.63) is 92.4 Å². The largest absolute Gasteiger partial charge is 0.472 e. The van der Waals surface area contributed by atoms with E-state index in [-0.39, 0.29) is 40.7 Å². The Morgan fingerprint density at radius 2 is 1.52 bits per heavy atom. The van der Waals surface area contributed by atoms with Crippen LogP contribution >= 0.6 is 15.9 Å². The first kappa shape index (κ1) is 17.3. The summed E-state index contributed by atoms with van der Waals surface area (Å²) in [6.07, 6.45) is 1.37. The third-order valence-corrected chi connectivity index (χ3v) is 4.18. The van der Waals surface area contributed by atoms with Gasteiger partial charge in [-0.25, -0.2) is 13.8 Å². The van der Waals surface area contributed by atoms with Gasteiger partial charge in [0.25, 0.3) is 5.56 Å². The van der Waals surface area contributed by atoms with Crippen LogP contribution in [0.3, 0.4) is 0 Å². The fourth-order valence-corrected chi connectivity index (χ4v) is 2.63. The van der Waals surface area contributed by atoms with E-state index in [9.17, 15) is 13.6 Å². The molecule has 0 radical (unpaired) electrons. The summed E-state index contributed by atoms with van der Waals surface area (Å²) in [5.74, 6) is -0.504. The number of hydrogen-bond donors (Lipinski definition) is 0. The zero-order valence-corrected chi connectivity index (χ0v) is 14.5. The first-order valence-corrected chi connectivity index (χ1v) is 8.19. The normalized spacial score (nSPS) is 10.7. The lowest BCUT2D eigenvalue weighted by atomic mass is 10.2. The second-order valence-corrected chi connectivity index (χ2v) is 6.13. The minimum Gasteiger partial charge on any atom is -0.472 e. The summed E-state index contributed by atoms with van der Waals surface area (Å²) in [5.41, 5.74) is 1.22. The Morgan fingerprint density at radius 1 is 0.960 bits per heavy atom. The van der Waals surface area contributed by atoms with Gasteiger partial charge in [-0.1, -0.05) is 24.3 Å². The van der Waals surface area contributed by atoms with Crippen LogP contribution in [0, 0.1) is 11.6 Å². The van der Waals surface area contributed by atoms with Gasteiger partial charge in [0.2, 0.25) is 5.88 Å². The standard InChI is InChI=1S/C18H13BrF2N2O2/c19-16-17(25-10-13-3-7-15(21)8-4-13)22-11-23(18(16)24)9-12-1-5-14(20)6-2-12/h1-8,11H,9-10H2. The number of nitrogens with zero attached hydrogens (tertiary/aromatic N) is 2. The molecule has 25 heavy (non-hydrogen) atoms. The van der Waals surface area contributed by atoms with Crippen LogP contribution in [0.5, 0.6) is 5.88 Å². The van der Waals surface area contributed by atoms with Crippen LogP contribution in [-0.2, 0) is 13.2 Å². The molecule has 0 aliphatic heterocycles. The number of hydrogen-bond acceptors (Lipinski definition) is 3. The Kier molecular flexibility index (Phi) is 5.23. The van der Waals surface area contributed by atoms with Gasteiger partial charge in [-0.3, -0.25) is 9.36 Å². The first-order valence-electron chi connectivity index (χ1n) is 7.39. The molecule has 1 aromatic heterocycles. The van der Waals surface area contributed by atoms with E-state index in [1.54, 1.807) is 24.3 Å². The van der Waals surface area contributed by atoms with Crippen LogP contribution < -0.4 is 10.3 Å². The Balaban J connectivity index is 1.74. The van der Waals surface area contributed by atoms with E-state index in [2.05, 4.69) is 20.9 Å². The molecule has 0 spiro atoms. The SMILES string of the molecule is O=c1c(Br)c(OCc2ccc(F)cc2)ncn1Cc1ccc(F)cc1. The second-order valence-electron chi connectivity index (χ2n) is 5.34. The Morgan fingerprint density at radius 3 is 2.12 bits per heavy atom. The summed E-state index contributed by atoms with van der Waals surface area (Å²) in [6, 6.07) is 11.7. The predicted molar refractivity (Wildman–Crippen MR) is 92.4 cm³/mol. The molecular weight excluding hydrogens is 394 g/mol. The van der Waals surface area contributed by atoms with Crippen LogP contribution in [0.4, 0.5) is 8.78 Å². The van der Waals surface area contributed by atoms with Crippen molar-refractivity contribution in [1.82, 2.24) is 9.55 Å². The molecule has 3 aromatic rings. The number of aromatic nitrogens is 2. The summed E-state index contributed by atoms with van der Waals surface area (Å²) < 4.78 is 32.9. The quantitative estimate of drug-likeness (QED) is 0.644. The molecule has 0 amide bonds. The molecule has 0 aliphatic rings. The van der Waals surface area contributed by atoms with Crippen LogP contribution in [0.2, 0.25) is 0 Å². The van der Waals surface area contributed by atoms with Gasteiger partial charge in [-0.05, 0) is 51.3 Å². The average Bonchev–Trinajstić information content (AvgIpc) is 2.61. The van der Waals surface area contributed by atoms with Crippen LogP contribution in [-0.4, -0.2) is 9.55 Å². The Labute approximate surface area is 150 Å². The van der Waals surface area contributed by atoms with E-state index in [1.807, 2.05) is 0 Å². The number of rotatable bonds is 5. The molecule has 3 rings (SSSR count). The van der Waals surface area contributed by atoms with Gasteiger partial charge < -0.3 is 4.74 Å². The maximum absolute atomic E-state index is 12.9. The third-order valence-electron chi connectivity index (χ3n) is 3.51. The van der Waals surface area contributed by atoms with Crippen LogP contribution in [0.25, 0.3) is 0 Å². The maximum Gasteiger partial charge on any atom is 0.271 e. The summed E-state index contributed by atoms with van der Waals surface area (Å²) in [7, 11) is 0. The van der Waals surface area contributed by atoms with E-state index < -0.39 is 0 Å². The summed E-state index contributed by atoms with van der Waals surface area (Å²) >= 11 is 3.20. The lowest BCUT2D eigenvalue weighted by Gasteiger charge is -2.10. The predicted octanol–water partition coefficient (Wildman–Crippen LogP) is 3.91. The smallest absolute Gasteiger partial charge is 0.271 e. The van der Waals surface area contributed by atoms with Crippen molar-refractivity contribution in [2.75, 3.05) is 0 Å². The van der Waals surface area contributed by atoms with Crippen molar-refractivity contribution in [3.8, 4) is 5.88 Å². The fraction of sp³-hybridized carbons (Fsp3) is 0.111. The molecule has 0 N–H and O–H groups in total. The van der Waals surface area contributed by atoms with E-state index in [1.165, 1.54) is 35.2 Å². The van der Waals surface area contributed by atoms with Crippen molar-refractivity contribution in [2.24, 2.45) is 0 Å². The fourth-order valence-electron chi connectivity index (χ4n) is 2.18. The van der Waals surface area contributed by atoms with Gasteiger partial charge in [0.1, 0.15) is 29.0 Å². The monoisotopic (exact) mass is 406 g/mol. The van der Waals surface area contributed by atoms with Crippen LogP contribution in [0.1, 0.15) is 11.1 Å². The highest BCUT2D eigenvalue weighted by atomic mass is 79.9. The molecular formula is C18H13BrF2N2O2. The molecule has 128 valence electrons. The zero-order valence-electron chi connectivity index (χ0n) is 13.0. The lowest BCUT2D eigenvalue weighted by Crippen LogP contribution is -2.22. The summed E-state index contributed by atoms with van der Waals surface area (Å²) in [6.45, 7) is 0.427. The highest BCUT2D eigenvalue weighted by molar-refractivity contribution is 9.10. The topological polar surface area (TPSA) is 44.1 Å². The van der Waals surface area contributed by atoms with Gasteiger partial charge in [-0.2, -0.15) is 0 Å². The van der Waals surface area contributed by atoms with Gasteiger partial charge in [0, 0.05) is 0 Å². The molecule has 1 heterocycles. The Bertz CT molecular complexity index is 925. The molecule has 0 fully saturated rings. The average molecular weight is 407 g/mol. The highest BCUT2D eigenvalue weighted by Gasteiger charge is 2.11. The van der Waals surface area contributed by atoms with Gasteiger partial charge in [0.15, 0.2) is 0 Å². The van der Waals surface area contributed by atoms with Gasteiger partial charge in [0.05, 0.1) is 6.54 Å². The summed E-state index contributed by atoms with van der Waals surface area (Å²) in [5, 5.41) is 0. The van der Waals surface area contributed by atoms with E-state index >= 15 is 0 Å². The lowest BCUT2D eigenvalue weighted by molar-refractivity contribution is 0.289. The molecule has 0 aliphatic carbocycles. The molecule has 0 bridgehead atoms. The van der Waals surface area contributed by atoms with Crippen molar-refractivity contribution in [3.63, 3.8) is 0 Å². The van der Waals surface area contributed by atoms with Crippen LogP contribution in [0.15, 0.2) is 64.1 Å². The molecule has 0 unspecified atom stereocenters. The zero-order chi connectivity index (χ0) is 17.8. The first-order chi connectivity index (χ1) is 12.0. The molecule has 0 saturated carbocycles. The molecule has 2 aromatic carbocycles. The van der Waals surface area contributed by atoms with E-state index in [0.29, 0.717) is 0 Å². The van der Waals surface area contributed by atoms with E-state index in [0.717, 1.165) is 11.1 Å². The van der Waals surface area contributed by atoms with Crippen molar-refractivity contribution in [2.45, 2.75) is 13.2 Å². The summed E-state index contributed by atoms with van der Waals surface area (Å²) in [4.78, 5) is 16.5. The second kappa shape index (κ2) is 7.57. The van der Waals surface area contributed by atoms with Gasteiger partial charge >= 0.3 is 0 Å². The molecule has 7 heteroatoms. The number of halogens is 3. The van der Waals surface area contributed by atoms with Gasteiger partial charge in [-0.15, -0.1) is 0 Å². The van der Waals surface area contributed by atoms with Crippen molar-refractivity contribution in [1.29, 1.82) is 0 Å². The van der Waals surface area contributed by atoms with Crippen molar-refractivity contribution < 1.29 is 13.5 Å². The number of benzene rings is 2. The number of ether oxygens (including phenoxy) is 1. The third kappa shape index (κ3) is 4.30. The maximum atomic E-state index is 12.9. The molecule has 0 saturated heterocycles. The molecule has 4 nitrogen and oxygen atoms in total. The highest BCUT2D eigenvalue weighted by Crippen LogP contribution is 2.19.